The first kappa shape index (κ1) is 53.2. The maximum Gasteiger partial charge on any atom is 0.390 e. The highest BCUT2D eigenvalue weighted by Crippen LogP contribution is 2.34. The highest BCUT2D eigenvalue weighted by Gasteiger charge is 2.30. The van der Waals surface area contributed by atoms with Gasteiger partial charge in [0.05, 0.1) is 67.9 Å². The summed E-state index contributed by atoms with van der Waals surface area (Å²) in [6.45, 7) is 6.94. The van der Waals surface area contributed by atoms with Gasteiger partial charge in [-0.25, -0.2) is 28.5 Å². The van der Waals surface area contributed by atoms with Crippen LogP contribution in [0.25, 0.3) is 39.4 Å². The third kappa shape index (κ3) is 12.8. The van der Waals surface area contributed by atoms with E-state index in [0.29, 0.717) is 61.9 Å². The molecule has 7 aromatic rings. The second-order valence-corrected chi connectivity index (χ2v) is 18.1. The molecule has 9 rings (SSSR count). The van der Waals surface area contributed by atoms with Gasteiger partial charge in [0.25, 0.3) is 17.7 Å². The Labute approximate surface area is 425 Å². The Balaban J connectivity index is 0.000000201. The van der Waals surface area contributed by atoms with Gasteiger partial charge >= 0.3 is 12.4 Å². The van der Waals surface area contributed by atoms with Crippen LogP contribution in [0.4, 0.5) is 42.1 Å². The van der Waals surface area contributed by atoms with E-state index < -0.39 is 43.5 Å². The molecule has 4 heterocycles. The monoisotopic (exact) mass is 1040 g/mol. The first-order valence-corrected chi connectivity index (χ1v) is 23.7. The molecular weight excluding hydrogens is 992 g/mol. The number of imidazole rings is 2. The number of benzene rings is 3. The van der Waals surface area contributed by atoms with E-state index in [1.54, 1.807) is 36.5 Å². The maximum atomic E-state index is 14.1. The number of carbonyl (C=O) groups is 3. The van der Waals surface area contributed by atoms with Crippen LogP contribution in [0.5, 0.6) is 5.75 Å². The highest BCUT2D eigenvalue weighted by molar-refractivity contribution is 5.98. The van der Waals surface area contributed by atoms with Crippen LogP contribution in [-0.2, 0) is 4.84 Å². The molecule has 0 bridgehead atoms. The van der Waals surface area contributed by atoms with Crippen molar-refractivity contribution in [2.24, 2.45) is 0 Å². The van der Waals surface area contributed by atoms with E-state index in [-0.39, 0.29) is 53.2 Å². The van der Waals surface area contributed by atoms with Gasteiger partial charge in [-0.15, -0.1) is 0 Å². The Bertz CT molecular complexity index is 3310. The van der Waals surface area contributed by atoms with Crippen LogP contribution in [0.15, 0.2) is 85.7 Å². The predicted octanol–water partition coefficient (Wildman–Crippen LogP) is 9.77. The van der Waals surface area contributed by atoms with E-state index >= 15 is 0 Å². The molecule has 16 nitrogen and oxygen atoms in total. The normalized spacial score (nSPS) is 13.5. The number of rotatable bonds is 17. The molecule has 2 fully saturated rings. The number of amides is 3. The lowest BCUT2D eigenvalue weighted by molar-refractivity contribution is -0.132. The number of aryl methyl sites for hydroxylation is 2. The van der Waals surface area contributed by atoms with Crippen LogP contribution >= 0.6 is 0 Å². The molecule has 2 aliphatic rings. The zero-order chi connectivity index (χ0) is 53.9. The number of methoxy groups -OCH3 is 1. The third-order valence-corrected chi connectivity index (χ3v) is 12.3. The fourth-order valence-corrected chi connectivity index (χ4v) is 7.96. The summed E-state index contributed by atoms with van der Waals surface area (Å²) in [4.78, 5) is 51.5. The van der Waals surface area contributed by atoms with Gasteiger partial charge in [0.15, 0.2) is 17.0 Å². The Kier molecular flexibility index (Phi) is 15.5. The minimum absolute atomic E-state index is 0.0484. The van der Waals surface area contributed by atoms with Gasteiger partial charge in [0.1, 0.15) is 11.6 Å². The molecule has 3 aromatic carbocycles. The topological polar surface area (TPSA) is 181 Å². The van der Waals surface area contributed by atoms with E-state index in [9.17, 15) is 45.1 Å². The van der Waals surface area contributed by atoms with Crippen LogP contribution in [0.3, 0.4) is 0 Å². The first-order chi connectivity index (χ1) is 35.6. The van der Waals surface area contributed by atoms with Crippen LogP contribution in [-0.4, -0.2) is 111 Å². The number of ether oxygens (including phenoxy) is 1. The van der Waals surface area contributed by atoms with Gasteiger partial charge in [0.2, 0.25) is 0 Å². The van der Waals surface area contributed by atoms with Crippen LogP contribution in [0, 0.1) is 19.7 Å². The molecule has 2 saturated carbocycles. The summed E-state index contributed by atoms with van der Waals surface area (Å²) >= 11 is 0. The molecule has 75 heavy (non-hydrogen) atoms. The van der Waals surface area contributed by atoms with Gasteiger partial charge < -0.3 is 26.0 Å². The summed E-state index contributed by atoms with van der Waals surface area (Å²) in [6.07, 6.45) is -3.79. The molecule has 3 amide bonds. The second-order valence-electron chi connectivity index (χ2n) is 18.1. The predicted molar refractivity (Wildman–Crippen MR) is 266 cm³/mol. The van der Waals surface area contributed by atoms with E-state index in [0.717, 1.165) is 41.9 Å². The molecule has 0 unspecified atom stereocenters. The zero-order valence-electron chi connectivity index (χ0n) is 41.3. The quantitative estimate of drug-likeness (QED) is 0.0504. The fourth-order valence-electron chi connectivity index (χ4n) is 7.96. The van der Waals surface area contributed by atoms with Crippen molar-refractivity contribution in [3.05, 3.63) is 131 Å². The van der Waals surface area contributed by atoms with Crippen molar-refractivity contribution < 1.29 is 54.7 Å². The van der Waals surface area contributed by atoms with Gasteiger partial charge in [-0.1, -0.05) is 18.7 Å². The number of hydroxylamine groups is 2. The standard InChI is InChI=1S/C29H27F4N5O2.C23H25F3N6O3/c1-16-12-18(4-8-21(16)28(39)36-20-6-7-20)25-15-35-27-24(34-11-10-29(31,32)33)14-23(37-38(25)27)17(2)22-13-19(30)5-9-26(22)40-3;1-13-10-14(4-7-16(13)21(33)29-15-5-6-15)19-12-28-20-17(27-9-8-23(24,25)26)11-18(30-32(19)20)22(34)31(2)35-3/h4-5,8-9,12-15,20,34H,2,6-7,10-11H2,1,3H3,(H,36,39);4,7,10-12,15,27H,5-6,8-9H2,1-3H3,(H,29,33). The number of anilines is 2. The van der Waals surface area contributed by atoms with Crippen molar-refractivity contribution in [3.63, 3.8) is 0 Å². The largest absolute Gasteiger partial charge is 0.496 e. The van der Waals surface area contributed by atoms with Crippen molar-refractivity contribution in [2.45, 2.75) is 76.8 Å². The van der Waals surface area contributed by atoms with Crippen molar-refractivity contribution in [2.75, 3.05) is 45.0 Å². The lowest BCUT2D eigenvalue weighted by Gasteiger charge is -2.15. The minimum atomic E-state index is -4.34. The number of nitrogens with zero attached hydrogens (tertiary/aromatic N) is 7. The number of alkyl halides is 6. The first-order valence-electron chi connectivity index (χ1n) is 23.7. The summed E-state index contributed by atoms with van der Waals surface area (Å²) in [5, 5.41) is 21.5. The molecule has 23 heteroatoms. The summed E-state index contributed by atoms with van der Waals surface area (Å²) < 4.78 is 99.1. The van der Waals surface area contributed by atoms with E-state index in [2.05, 4.69) is 48.0 Å². The lowest BCUT2D eigenvalue weighted by atomic mass is 10.0. The molecule has 0 spiro atoms. The molecule has 0 aliphatic heterocycles. The van der Waals surface area contributed by atoms with Crippen LogP contribution in [0.2, 0.25) is 0 Å². The zero-order valence-corrected chi connectivity index (χ0v) is 41.3. The van der Waals surface area contributed by atoms with Crippen molar-refractivity contribution in [1.29, 1.82) is 0 Å². The molecular formula is C52H52F7N11O5. The Hall–Kier alpha value is -8.08. The second kappa shape index (κ2) is 21.8. The van der Waals surface area contributed by atoms with Crippen molar-refractivity contribution in [3.8, 4) is 28.3 Å². The molecule has 0 saturated heterocycles. The van der Waals surface area contributed by atoms with Gasteiger partial charge in [-0.05, 0) is 105 Å². The molecule has 394 valence electrons. The minimum Gasteiger partial charge on any atom is -0.496 e. The number of nitrogens with one attached hydrogen (secondary N) is 4. The molecule has 4 N–H and O–H groups in total. The Morgan fingerprint density at radius 3 is 1.57 bits per heavy atom. The highest BCUT2D eigenvalue weighted by atomic mass is 19.4. The summed E-state index contributed by atoms with van der Waals surface area (Å²) in [5.41, 5.74) is 6.99. The Morgan fingerprint density at radius 1 is 0.680 bits per heavy atom. The fraction of sp³-hybridized carbons (Fsp3) is 0.327. The smallest absolute Gasteiger partial charge is 0.390 e. The number of carbonyl (C=O) groups excluding carboxylic acids is 3. The van der Waals surface area contributed by atoms with Gasteiger partial charge in [0, 0.05) is 65.6 Å². The van der Waals surface area contributed by atoms with E-state index in [1.807, 2.05) is 19.9 Å². The third-order valence-electron chi connectivity index (χ3n) is 12.3. The average molecular weight is 1040 g/mol. The molecule has 4 aromatic heterocycles. The average Bonchev–Trinajstić information content (AvgIpc) is 4.28. The summed E-state index contributed by atoms with van der Waals surface area (Å²) in [5.74, 6) is -1.01. The molecule has 0 atom stereocenters. The summed E-state index contributed by atoms with van der Waals surface area (Å²) in [7, 11) is 4.15. The SMILES string of the molecule is C=C(c1cc(NCCC(F)(F)F)c2ncc(-c3ccc(C(=O)NC4CC4)c(C)c3)n2n1)c1cc(F)ccc1OC.CON(C)C(=O)c1cc(NCCC(F)(F)F)c2ncc(-c3ccc(C(=O)NC4CC4)c(C)c3)n2n1. The molecule has 2 aliphatic carbocycles. The van der Waals surface area contributed by atoms with Gasteiger partial charge in [-0.2, -0.15) is 36.5 Å². The lowest BCUT2D eigenvalue weighted by Crippen LogP contribution is -2.27. The van der Waals surface area contributed by atoms with E-state index in [4.69, 9.17) is 9.57 Å². The van der Waals surface area contributed by atoms with Crippen LogP contribution < -0.4 is 26.0 Å². The summed E-state index contributed by atoms with van der Waals surface area (Å²) in [6, 6.07) is 17.9. The number of halogens is 7. The number of hydrogen-bond donors (Lipinski definition) is 4. The molecule has 0 radical (unpaired) electrons. The van der Waals surface area contributed by atoms with Crippen molar-refractivity contribution >= 4 is 46.0 Å². The Morgan fingerprint density at radius 2 is 1.15 bits per heavy atom. The van der Waals surface area contributed by atoms with Gasteiger partial charge in [-0.3, -0.25) is 19.2 Å². The van der Waals surface area contributed by atoms with E-state index in [1.165, 1.54) is 66.8 Å². The van der Waals surface area contributed by atoms with Crippen molar-refractivity contribution in [1.82, 2.24) is 44.9 Å². The number of aromatic nitrogens is 6. The maximum absolute atomic E-state index is 14.1. The van der Waals surface area contributed by atoms with Crippen LogP contribution in [0.1, 0.15) is 92.1 Å². The number of fused-ring (bicyclic) bond motifs is 2. The number of hydrogen-bond acceptors (Lipinski definition) is 11.